The van der Waals surface area contributed by atoms with E-state index in [1.807, 2.05) is 18.2 Å². The number of halogens is 3. The number of ether oxygens (including phenoxy) is 1. The Morgan fingerprint density at radius 2 is 1.67 bits per heavy atom. The molecule has 2 atom stereocenters. The van der Waals surface area contributed by atoms with Crippen molar-refractivity contribution in [2.45, 2.75) is 50.5 Å². The standard InChI is InChI=1S/C23H29F3N2O2/c1-16(18-7-4-3-5-8-18)28-22(11-13-30-14-12-22)15-27-17(2)19-9-6-10-20(21(19)29)23(24,25)26/h3-10,16-17,27-29H,11-15H2,1-2H3. The van der Waals surface area contributed by atoms with Gasteiger partial charge >= 0.3 is 6.18 Å². The lowest BCUT2D eigenvalue weighted by molar-refractivity contribution is -0.138. The van der Waals surface area contributed by atoms with Gasteiger partial charge in [-0.2, -0.15) is 13.2 Å². The number of hydrogen-bond donors (Lipinski definition) is 3. The highest BCUT2D eigenvalue weighted by Crippen LogP contribution is 2.39. The lowest BCUT2D eigenvalue weighted by Crippen LogP contribution is -2.56. The molecule has 0 amide bonds. The number of aromatic hydroxyl groups is 1. The molecule has 4 nitrogen and oxygen atoms in total. The van der Waals surface area contributed by atoms with E-state index in [-0.39, 0.29) is 17.1 Å². The summed E-state index contributed by atoms with van der Waals surface area (Å²) in [6, 6.07) is 13.5. The summed E-state index contributed by atoms with van der Waals surface area (Å²) in [7, 11) is 0. The summed E-state index contributed by atoms with van der Waals surface area (Å²) in [4.78, 5) is 0. The molecule has 1 fully saturated rings. The topological polar surface area (TPSA) is 53.5 Å². The molecular formula is C23H29F3N2O2. The van der Waals surface area contributed by atoms with Crippen molar-refractivity contribution in [1.82, 2.24) is 10.6 Å². The molecule has 3 N–H and O–H groups in total. The zero-order valence-corrected chi connectivity index (χ0v) is 17.3. The van der Waals surface area contributed by atoms with Crippen LogP contribution in [0.15, 0.2) is 48.5 Å². The van der Waals surface area contributed by atoms with Crippen LogP contribution in [-0.4, -0.2) is 30.4 Å². The van der Waals surface area contributed by atoms with Crippen LogP contribution in [0.25, 0.3) is 0 Å². The minimum absolute atomic E-state index is 0.114. The van der Waals surface area contributed by atoms with Crippen molar-refractivity contribution in [2.75, 3.05) is 19.8 Å². The fourth-order valence-electron chi connectivity index (χ4n) is 4.02. The second-order valence-corrected chi connectivity index (χ2v) is 8.01. The molecule has 164 valence electrons. The smallest absolute Gasteiger partial charge is 0.419 e. The predicted molar refractivity (Wildman–Crippen MR) is 110 cm³/mol. The van der Waals surface area contributed by atoms with E-state index in [1.54, 1.807) is 6.92 Å². The first-order chi connectivity index (χ1) is 14.2. The van der Waals surface area contributed by atoms with Crippen LogP contribution < -0.4 is 10.6 Å². The number of hydrogen-bond acceptors (Lipinski definition) is 4. The van der Waals surface area contributed by atoms with Crippen LogP contribution in [0, 0.1) is 0 Å². The number of para-hydroxylation sites is 1. The first-order valence-corrected chi connectivity index (χ1v) is 10.2. The van der Waals surface area contributed by atoms with E-state index in [9.17, 15) is 18.3 Å². The fourth-order valence-corrected chi connectivity index (χ4v) is 4.02. The molecule has 0 aromatic heterocycles. The van der Waals surface area contributed by atoms with Crippen LogP contribution in [-0.2, 0) is 10.9 Å². The van der Waals surface area contributed by atoms with E-state index in [2.05, 4.69) is 29.7 Å². The molecule has 0 saturated carbocycles. The molecule has 2 unspecified atom stereocenters. The van der Waals surface area contributed by atoms with Crippen LogP contribution >= 0.6 is 0 Å². The van der Waals surface area contributed by atoms with Gasteiger partial charge in [-0.1, -0.05) is 42.5 Å². The van der Waals surface area contributed by atoms with Gasteiger partial charge in [-0.15, -0.1) is 0 Å². The van der Waals surface area contributed by atoms with Crippen molar-refractivity contribution >= 4 is 0 Å². The highest BCUT2D eigenvalue weighted by Gasteiger charge is 2.36. The Morgan fingerprint density at radius 1 is 1.00 bits per heavy atom. The third kappa shape index (κ3) is 5.33. The van der Waals surface area contributed by atoms with Crippen molar-refractivity contribution in [2.24, 2.45) is 0 Å². The summed E-state index contributed by atoms with van der Waals surface area (Å²) in [6.45, 7) is 5.67. The lowest BCUT2D eigenvalue weighted by Gasteiger charge is -2.41. The number of alkyl halides is 3. The highest BCUT2D eigenvalue weighted by molar-refractivity contribution is 5.43. The zero-order valence-electron chi connectivity index (χ0n) is 17.3. The summed E-state index contributed by atoms with van der Waals surface area (Å²) in [6.07, 6.45) is -3.01. The summed E-state index contributed by atoms with van der Waals surface area (Å²) in [5.41, 5.74) is 0.152. The Kier molecular flexibility index (Phi) is 7.06. The molecule has 1 aliphatic heterocycles. The molecule has 3 rings (SSSR count). The number of phenols is 1. The Morgan fingerprint density at radius 3 is 2.30 bits per heavy atom. The number of benzene rings is 2. The monoisotopic (exact) mass is 422 g/mol. The van der Waals surface area contributed by atoms with Gasteiger partial charge in [-0.05, 0) is 38.3 Å². The van der Waals surface area contributed by atoms with Gasteiger partial charge in [-0.3, -0.25) is 0 Å². The first-order valence-electron chi connectivity index (χ1n) is 10.2. The van der Waals surface area contributed by atoms with Crippen LogP contribution in [0.1, 0.15) is 55.5 Å². The lowest BCUT2D eigenvalue weighted by atomic mass is 9.87. The zero-order chi connectivity index (χ0) is 21.8. The molecule has 1 saturated heterocycles. The van der Waals surface area contributed by atoms with Gasteiger partial charge in [0, 0.05) is 42.9 Å². The minimum atomic E-state index is -4.59. The van der Waals surface area contributed by atoms with Gasteiger partial charge in [0.15, 0.2) is 0 Å². The summed E-state index contributed by atoms with van der Waals surface area (Å²) in [5, 5.41) is 17.3. The molecule has 0 radical (unpaired) electrons. The molecule has 1 aliphatic rings. The third-order valence-electron chi connectivity index (χ3n) is 5.86. The number of phenolic OH excluding ortho intramolecular Hbond substituents is 1. The van der Waals surface area contributed by atoms with Crippen molar-refractivity contribution in [1.29, 1.82) is 0 Å². The predicted octanol–water partition coefficient (Wildman–Crippen LogP) is 4.96. The van der Waals surface area contributed by atoms with Crippen LogP contribution in [0.4, 0.5) is 13.2 Å². The van der Waals surface area contributed by atoms with Gasteiger partial charge in [0.05, 0.1) is 5.56 Å². The number of rotatable bonds is 7. The van der Waals surface area contributed by atoms with Gasteiger partial charge in [-0.25, -0.2) is 0 Å². The molecule has 0 aliphatic carbocycles. The van der Waals surface area contributed by atoms with Crippen molar-refractivity contribution in [3.63, 3.8) is 0 Å². The van der Waals surface area contributed by atoms with Gasteiger partial charge < -0.3 is 20.5 Å². The van der Waals surface area contributed by atoms with Crippen LogP contribution in [0.2, 0.25) is 0 Å². The maximum atomic E-state index is 13.1. The van der Waals surface area contributed by atoms with Crippen LogP contribution in [0.3, 0.4) is 0 Å². The average molecular weight is 422 g/mol. The van der Waals surface area contributed by atoms with E-state index in [1.165, 1.54) is 17.7 Å². The van der Waals surface area contributed by atoms with E-state index >= 15 is 0 Å². The Balaban J connectivity index is 1.73. The second kappa shape index (κ2) is 9.37. The quantitative estimate of drug-likeness (QED) is 0.590. The molecule has 0 spiro atoms. The van der Waals surface area contributed by atoms with E-state index in [0.29, 0.717) is 19.8 Å². The Hall–Kier alpha value is -2.09. The summed E-state index contributed by atoms with van der Waals surface area (Å²) >= 11 is 0. The highest BCUT2D eigenvalue weighted by atomic mass is 19.4. The van der Waals surface area contributed by atoms with Crippen molar-refractivity contribution in [3.8, 4) is 5.75 Å². The Labute approximate surface area is 175 Å². The molecule has 7 heteroatoms. The SMILES string of the molecule is CC(NC1(CNC(C)c2cccc(C(F)(F)F)c2O)CCOCC1)c1ccccc1. The summed E-state index contributed by atoms with van der Waals surface area (Å²) in [5.74, 6) is -0.711. The third-order valence-corrected chi connectivity index (χ3v) is 5.86. The maximum Gasteiger partial charge on any atom is 0.419 e. The molecule has 1 heterocycles. The maximum absolute atomic E-state index is 13.1. The molecule has 0 bridgehead atoms. The first kappa shape index (κ1) is 22.6. The van der Waals surface area contributed by atoms with Crippen LogP contribution in [0.5, 0.6) is 5.75 Å². The summed E-state index contributed by atoms with van der Waals surface area (Å²) < 4.78 is 44.9. The molecule has 30 heavy (non-hydrogen) atoms. The average Bonchev–Trinajstić information content (AvgIpc) is 2.73. The largest absolute Gasteiger partial charge is 0.507 e. The van der Waals surface area contributed by atoms with E-state index in [4.69, 9.17) is 4.74 Å². The van der Waals surface area contributed by atoms with Gasteiger partial charge in [0.2, 0.25) is 0 Å². The van der Waals surface area contributed by atoms with Crippen molar-refractivity contribution in [3.05, 3.63) is 65.2 Å². The normalized spacial score (nSPS) is 18.7. The molecule has 2 aromatic carbocycles. The van der Waals surface area contributed by atoms with Gasteiger partial charge in [0.1, 0.15) is 5.75 Å². The number of nitrogens with one attached hydrogen (secondary N) is 2. The molecular weight excluding hydrogens is 393 g/mol. The second-order valence-electron chi connectivity index (χ2n) is 8.01. The van der Waals surface area contributed by atoms with Gasteiger partial charge in [0.25, 0.3) is 0 Å². The fraction of sp³-hybridized carbons (Fsp3) is 0.478. The molecule has 2 aromatic rings. The minimum Gasteiger partial charge on any atom is -0.507 e. The van der Waals surface area contributed by atoms with Crippen molar-refractivity contribution < 1.29 is 23.0 Å². The Bertz CT molecular complexity index is 821. The van der Waals surface area contributed by atoms with E-state index < -0.39 is 23.5 Å². The van der Waals surface area contributed by atoms with E-state index in [0.717, 1.165) is 18.9 Å².